The van der Waals surface area contributed by atoms with Crippen molar-refractivity contribution in [2.24, 2.45) is 0 Å². The third kappa shape index (κ3) is 2.12. The second-order valence-corrected chi connectivity index (χ2v) is 3.69. The van der Waals surface area contributed by atoms with E-state index in [0.717, 1.165) is 5.56 Å². The highest BCUT2D eigenvalue weighted by Gasteiger charge is 2.09. The van der Waals surface area contributed by atoms with Gasteiger partial charge in [-0.25, -0.2) is 0 Å². The molecule has 0 atom stereocenters. The molecule has 0 fully saturated rings. The molecule has 0 saturated heterocycles. The van der Waals surface area contributed by atoms with Crippen molar-refractivity contribution in [3.05, 3.63) is 33.3 Å². The van der Waals surface area contributed by atoms with Crippen molar-refractivity contribution in [1.29, 1.82) is 5.26 Å². The number of aliphatic carboxylic acids is 1. The van der Waals surface area contributed by atoms with E-state index in [1.807, 2.05) is 6.07 Å². The lowest BCUT2D eigenvalue weighted by molar-refractivity contribution is -0.136. The Morgan fingerprint density at radius 1 is 1.64 bits per heavy atom. The van der Waals surface area contributed by atoms with E-state index in [9.17, 15) is 4.79 Å². The number of benzene rings is 1. The first-order valence-electron chi connectivity index (χ1n) is 3.96. The summed E-state index contributed by atoms with van der Waals surface area (Å²) in [6.07, 6.45) is -0.0346. The summed E-state index contributed by atoms with van der Waals surface area (Å²) in [6.45, 7) is 1.79. The van der Waals surface area contributed by atoms with Gasteiger partial charge in [0, 0.05) is 4.47 Å². The quantitative estimate of drug-likeness (QED) is 0.880. The van der Waals surface area contributed by atoms with Crippen molar-refractivity contribution in [2.45, 2.75) is 13.3 Å². The third-order valence-electron chi connectivity index (χ3n) is 1.93. The average molecular weight is 254 g/mol. The molecule has 0 aliphatic rings. The van der Waals surface area contributed by atoms with E-state index < -0.39 is 5.97 Å². The molecule has 0 unspecified atom stereocenters. The number of hydrogen-bond donors (Lipinski definition) is 1. The zero-order valence-electron chi connectivity index (χ0n) is 7.54. The number of carbonyl (C=O) groups is 1. The standard InChI is InChI=1S/C10H8BrNO2/c1-6-8(5-12)3-2-7(10(6)11)4-9(13)14/h2-3H,4H2,1H3,(H,13,14). The smallest absolute Gasteiger partial charge is 0.307 e. The van der Waals surface area contributed by atoms with E-state index in [0.29, 0.717) is 15.6 Å². The Bertz CT molecular complexity index is 421. The molecule has 1 aromatic carbocycles. The van der Waals surface area contributed by atoms with Crippen LogP contribution in [0.5, 0.6) is 0 Å². The van der Waals surface area contributed by atoms with Gasteiger partial charge in [-0.3, -0.25) is 4.79 Å². The van der Waals surface area contributed by atoms with Gasteiger partial charge in [-0.1, -0.05) is 22.0 Å². The Kier molecular flexibility index (Phi) is 3.26. The molecule has 0 saturated carbocycles. The Labute approximate surface area is 90.1 Å². The maximum absolute atomic E-state index is 10.5. The maximum atomic E-state index is 10.5. The van der Waals surface area contributed by atoms with Crippen LogP contribution in [0.2, 0.25) is 0 Å². The van der Waals surface area contributed by atoms with Gasteiger partial charge < -0.3 is 5.11 Å². The third-order valence-corrected chi connectivity index (χ3v) is 3.03. The molecule has 1 N–H and O–H groups in total. The number of nitrogens with zero attached hydrogens (tertiary/aromatic N) is 1. The molecule has 1 aromatic rings. The second kappa shape index (κ2) is 4.25. The van der Waals surface area contributed by atoms with Crippen molar-refractivity contribution in [2.75, 3.05) is 0 Å². The lowest BCUT2D eigenvalue weighted by Crippen LogP contribution is -2.02. The lowest BCUT2D eigenvalue weighted by Gasteiger charge is -2.05. The molecule has 0 bridgehead atoms. The van der Waals surface area contributed by atoms with Gasteiger partial charge in [0.05, 0.1) is 18.1 Å². The van der Waals surface area contributed by atoms with E-state index in [1.54, 1.807) is 19.1 Å². The van der Waals surface area contributed by atoms with Crippen LogP contribution in [-0.4, -0.2) is 11.1 Å². The van der Waals surface area contributed by atoms with Gasteiger partial charge in [0.25, 0.3) is 0 Å². The molecule has 0 amide bonds. The van der Waals surface area contributed by atoms with Crippen LogP contribution in [0.1, 0.15) is 16.7 Å². The fourth-order valence-electron chi connectivity index (χ4n) is 1.16. The van der Waals surface area contributed by atoms with Crippen LogP contribution in [0.3, 0.4) is 0 Å². The van der Waals surface area contributed by atoms with Crippen LogP contribution in [0, 0.1) is 18.3 Å². The van der Waals surface area contributed by atoms with Crippen LogP contribution in [0.4, 0.5) is 0 Å². The minimum absolute atomic E-state index is 0.0346. The number of nitriles is 1. The van der Waals surface area contributed by atoms with E-state index in [1.165, 1.54) is 0 Å². The fourth-order valence-corrected chi connectivity index (χ4v) is 1.65. The minimum atomic E-state index is -0.880. The Hall–Kier alpha value is -1.34. The fraction of sp³-hybridized carbons (Fsp3) is 0.200. The van der Waals surface area contributed by atoms with Gasteiger partial charge in [0.2, 0.25) is 0 Å². The summed E-state index contributed by atoms with van der Waals surface area (Å²) in [5.74, 6) is -0.880. The van der Waals surface area contributed by atoms with E-state index in [-0.39, 0.29) is 6.42 Å². The highest BCUT2D eigenvalue weighted by atomic mass is 79.9. The van der Waals surface area contributed by atoms with Crippen LogP contribution in [0.25, 0.3) is 0 Å². The van der Waals surface area contributed by atoms with Crippen molar-refractivity contribution in [1.82, 2.24) is 0 Å². The average Bonchev–Trinajstić information content (AvgIpc) is 2.13. The number of halogens is 1. The molecule has 3 nitrogen and oxygen atoms in total. The molecule has 72 valence electrons. The van der Waals surface area contributed by atoms with Gasteiger partial charge in [-0.15, -0.1) is 0 Å². The highest BCUT2D eigenvalue weighted by Crippen LogP contribution is 2.24. The number of rotatable bonds is 2. The van der Waals surface area contributed by atoms with Crippen LogP contribution >= 0.6 is 15.9 Å². The molecule has 0 radical (unpaired) electrons. The maximum Gasteiger partial charge on any atom is 0.307 e. The van der Waals surface area contributed by atoms with Gasteiger partial charge in [-0.05, 0) is 24.1 Å². The molecule has 4 heteroatoms. The molecule has 0 aromatic heterocycles. The molecular formula is C10H8BrNO2. The van der Waals surface area contributed by atoms with E-state index >= 15 is 0 Å². The van der Waals surface area contributed by atoms with Crippen molar-refractivity contribution < 1.29 is 9.90 Å². The summed E-state index contributed by atoms with van der Waals surface area (Å²) >= 11 is 3.29. The summed E-state index contributed by atoms with van der Waals surface area (Å²) in [5, 5.41) is 17.4. The topological polar surface area (TPSA) is 61.1 Å². The molecule has 0 spiro atoms. The SMILES string of the molecule is Cc1c(C#N)ccc(CC(=O)O)c1Br. The second-order valence-electron chi connectivity index (χ2n) is 2.89. The largest absolute Gasteiger partial charge is 0.481 e. The summed E-state index contributed by atoms with van der Waals surface area (Å²) in [6, 6.07) is 5.33. The molecule has 0 heterocycles. The molecule has 1 rings (SSSR count). The Morgan fingerprint density at radius 3 is 2.79 bits per heavy atom. The number of carboxylic acids is 1. The number of hydrogen-bond acceptors (Lipinski definition) is 2. The van der Waals surface area contributed by atoms with Crippen molar-refractivity contribution >= 4 is 21.9 Å². The Morgan fingerprint density at radius 2 is 2.29 bits per heavy atom. The van der Waals surface area contributed by atoms with E-state index in [4.69, 9.17) is 10.4 Å². The molecule has 0 aliphatic carbocycles. The highest BCUT2D eigenvalue weighted by molar-refractivity contribution is 9.10. The van der Waals surface area contributed by atoms with Crippen LogP contribution < -0.4 is 0 Å². The van der Waals surface area contributed by atoms with Crippen LogP contribution in [0.15, 0.2) is 16.6 Å². The lowest BCUT2D eigenvalue weighted by atomic mass is 10.0. The summed E-state index contributed by atoms with van der Waals surface area (Å²) < 4.78 is 0.707. The van der Waals surface area contributed by atoms with Crippen molar-refractivity contribution in [3.63, 3.8) is 0 Å². The van der Waals surface area contributed by atoms with Gasteiger partial charge >= 0.3 is 5.97 Å². The number of carboxylic acid groups (broad SMARTS) is 1. The first kappa shape index (κ1) is 10.7. The van der Waals surface area contributed by atoms with Gasteiger partial charge in [0.15, 0.2) is 0 Å². The monoisotopic (exact) mass is 253 g/mol. The van der Waals surface area contributed by atoms with Gasteiger partial charge in [0.1, 0.15) is 0 Å². The molecular weight excluding hydrogens is 246 g/mol. The van der Waals surface area contributed by atoms with Crippen molar-refractivity contribution in [3.8, 4) is 6.07 Å². The molecule has 14 heavy (non-hydrogen) atoms. The predicted molar refractivity (Wildman–Crippen MR) is 54.9 cm³/mol. The Balaban J connectivity index is 3.18. The van der Waals surface area contributed by atoms with Crippen LogP contribution in [-0.2, 0) is 11.2 Å². The molecule has 0 aliphatic heterocycles. The van der Waals surface area contributed by atoms with E-state index in [2.05, 4.69) is 15.9 Å². The normalized spacial score (nSPS) is 9.50. The summed E-state index contributed by atoms with van der Waals surface area (Å²) in [5.41, 5.74) is 2.03. The minimum Gasteiger partial charge on any atom is -0.481 e. The summed E-state index contributed by atoms with van der Waals surface area (Å²) in [7, 11) is 0. The summed E-state index contributed by atoms with van der Waals surface area (Å²) in [4.78, 5) is 10.5. The first-order chi connectivity index (χ1) is 6.56. The zero-order valence-corrected chi connectivity index (χ0v) is 9.13. The first-order valence-corrected chi connectivity index (χ1v) is 4.75. The predicted octanol–water partition coefficient (Wildman–Crippen LogP) is 2.26. The zero-order chi connectivity index (χ0) is 10.7. The van der Waals surface area contributed by atoms with Gasteiger partial charge in [-0.2, -0.15) is 5.26 Å².